The Bertz CT molecular complexity index is 1030. The molecule has 0 amide bonds. The van der Waals surface area contributed by atoms with Crippen molar-refractivity contribution >= 4 is 39.5 Å². The number of hydrogen-bond donors (Lipinski definition) is 2. The Morgan fingerprint density at radius 2 is 2.08 bits per heavy atom. The van der Waals surface area contributed by atoms with Gasteiger partial charge in [0.15, 0.2) is 5.13 Å². The van der Waals surface area contributed by atoms with Crippen LogP contribution in [-0.2, 0) is 0 Å². The molecule has 0 aliphatic rings. The zero-order valence-electron chi connectivity index (χ0n) is 13.0. The Kier molecular flexibility index (Phi) is 3.59. The predicted molar refractivity (Wildman–Crippen MR) is 99.5 cm³/mol. The number of nitrogens with zero attached hydrogens (tertiary/aromatic N) is 3. The molecule has 5 nitrogen and oxygen atoms in total. The third kappa shape index (κ3) is 2.68. The molecule has 3 heterocycles. The second-order valence-electron chi connectivity index (χ2n) is 5.42. The molecule has 0 spiro atoms. The van der Waals surface area contributed by atoms with Gasteiger partial charge in [-0.1, -0.05) is 23.5 Å². The summed E-state index contributed by atoms with van der Waals surface area (Å²) in [5.74, 6) is 0. The molecule has 3 N–H and O–H groups in total. The third-order valence-electron chi connectivity index (χ3n) is 3.77. The minimum atomic E-state index is 0.589. The van der Waals surface area contributed by atoms with Crippen LogP contribution in [-0.4, -0.2) is 20.2 Å². The molecule has 4 aromatic rings. The highest BCUT2D eigenvalue weighted by Gasteiger charge is 2.10. The molecule has 0 fully saturated rings. The number of aromatic nitrogens is 4. The van der Waals surface area contributed by atoms with Crippen LogP contribution in [0.2, 0.25) is 0 Å². The first-order valence-electron chi connectivity index (χ1n) is 7.51. The number of pyridine rings is 1. The summed E-state index contributed by atoms with van der Waals surface area (Å²) >= 11 is 1.50. The fourth-order valence-corrected chi connectivity index (χ4v) is 3.46. The Hall–Kier alpha value is -2.99. The van der Waals surface area contributed by atoms with E-state index in [2.05, 4.69) is 38.4 Å². The van der Waals surface area contributed by atoms with Crippen LogP contribution in [0.1, 0.15) is 17.1 Å². The number of hydrogen-bond acceptors (Lipinski definition) is 5. The Morgan fingerprint density at radius 3 is 2.83 bits per heavy atom. The zero-order valence-corrected chi connectivity index (χ0v) is 13.8. The van der Waals surface area contributed by atoms with Crippen LogP contribution in [0.5, 0.6) is 0 Å². The van der Waals surface area contributed by atoms with Crippen molar-refractivity contribution < 1.29 is 0 Å². The number of benzene rings is 1. The molecule has 0 radical (unpaired) electrons. The molecule has 0 aliphatic carbocycles. The Labute approximate surface area is 142 Å². The summed E-state index contributed by atoms with van der Waals surface area (Å²) in [6.07, 6.45) is 5.70. The molecule has 1 aromatic carbocycles. The first-order chi connectivity index (χ1) is 11.7. The molecule has 3 aromatic heterocycles. The van der Waals surface area contributed by atoms with Gasteiger partial charge in [0, 0.05) is 11.6 Å². The standard InChI is InChI=1S/C18H15N5S/c1-11-17(24-18(19)21-11)12-5-7-14-15(22-23-16(14)10-12)8-6-13-4-2-3-9-20-13/h2-10H,1H3,(H2,19,21)(H,22,23). The number of thiazole rings is 1. The average Bonchev–Trinajstić information content (AvgIpc) is 3.16. The van der Waals surface area contributed by atoms with Crippen LogP contribution < -0.4 is 5.73 Å². The van der Waals surface area contributed by atoms with Crippen LogP contribution in [0.25, 0.3) is 33.5 Å². The van der Waals surface area contributed by atoms with E-state index < -0.39 is 0 Å². The zero-order chi connectivity index (χ0) is 16.5. The second kappa shape index (κ2) is 5.90. The lowest BCUT2D eigenvalue weighted by atomic mass is 10.1. The highest BCUT2D eigenvalue weighted by molar-refractivity contribution is 7.18. The van der Waals surface area contributed by atoms with Crippen molar-refractivity contribution in [2.75, 3.05) is 5.73 Å². The van der Waals surface area contributed by atoms with Crippen molar-refractivity contribution in [3.8, 4) is 10.4 Å². The van der Waals surface area contributed by atoms with Gasteiger partial charge in [-0.2, -0.15) is 5.10 Å². The number of anilines is 1. The van der Waals surface area contributed by atoms with Crippen LogP contribution in [0, 0.1) is 6.92 Å². The van der Waals surface area contributed by atoms with Crippen molar-refractivity contribution in [2.45, 2.75) is 6.92 Å². The fourth-order valence-electron chi connectivity index (χ4n) is 2.63. The lowest BCUT2D eigenvalue weighted by Gasteiger charge is -1.99. The second-order valence-corrected chi connectivity index (χ2v) is 6.45. The fraction of sp³-hybridized carbons (Fsp3) is 0.0556. The van der Waals surface area contributed by atoms with Gasteiger partial charge in [-0.15, -0.1) is 0 Å². The van der Waals surface area contributed by atoms with Gasteiger partial charge in [-0.3, -0.25) is 10.1 Å². The van der Waals surface area contributed by atoms with Gasteiger partial charge in [0.05, 0.1) is 27.5 Å². The van der Waals surface area contributed by atoms with Crippen molar-refractivity contribution in [3.05, 3.63) is 59.7 Å². The normalized spacial score (nSPS) is 11.5. The summed E-state index contributed by atoms with van der Waals surface area (Å²) in [5.41, 5.74) is 10.6. The number of aromatic amines is 1. The van der Waals surface area contributed by atoms with Gasteiger partial charge >= 0.3 is 0 Å². The van der Waals surface area contributed by atoms with Crippen molar-refractivity contribution in [1.82, 2.24) is 20.2 Å². The molecule has 6 heteroatoms. The van der Waals surface area contributed by atoms with E-state index in [1.807, 2.05) is 37.3 Å². The number of nitrogens with one attached hydrogen (secondary N) is 1. The maximum absolute atomic E-state index is 5.80. The lowest BCUT2D eigenvalue weighted by molar-refractivity contribution is 1.11. The van der Waals surface area contributed by atoms with E-state index >= 15 is 0 Å². The minimum Gasteiger partial charge on any atom is -0.375 e. The van der Waals surface area contributed by atoms with Crippen molar-refractivity contribution in [3.63, 3.8) is 0 Å². The topological polar surface area (TPSA) is 80.5 Å². The van der Waals surface area contributed by atoms with Gasteiger partial charge in [0.2, 0.25) is 0 Å². The van der Waals surface area contributed by atoms with E-state index in [0.717, 1.165) is 38.4 Å². The maximum Gasteiger partial charge on any atom is 0.180 e. The molecule has 0 bridgehead atoms. The number of fused-ring (bicyclic) bond motifs is 1. The van der Waals surface area contributed by atoms with E-state index in [9.17, 15) is 0 Å². The number of aryl methyl sites for hydroxylation is 1. The number of rotatable bonds is 3. The summed E-state index contributed by atoms with van der Waals surface area (Å²) < 4.78 is 0. The first kappa shape index (κ1) is 14.6. The molecular formula is C18H15N5S. The number of H-pyrrole nitrogens is 1. The monoisotopic (exact) mass is 333 g/mol. The summed E-state index contributed by atoms with van der Waals surface area (Å²) in [5, 5.41) is 9.15. The molecule has 0 unspecified atom stereocenters. The van der Waals surface area contributed by atoms with Gasteiger partial charge in [-0.05, 0) is 48.9 Å². The summed E-state index contributed by atoms with van der Waals surface area (Å²) in [4.78, 5) is 9.66. The predicted octanol–water partition coefficient (Wildman–Crippen LogP) is 4.14. The molecular weight excluding hydrogens is 318 g/mol. The minimum absolute atomic E-state index is 0.589. The maximum atomic E-state index is 5.80. The van der Waals surface area contributed by atoms with Crippen LogP contribution in [0.15, 0.2) is 42.6 Å². The molecule has 4 rings (SSSR count). The van der Waals surface area contributed by atoms with Crippen LogP contribution in [0.4, 0.5) is 5.13 Å². The largest absolute Gasteiger partial charge is 0.375 e. The lowest BCUT2D eigenvalue weighted by Crippen LogP contribution is -1.81. The quantitative estimate of drug-likeness (QED) is 0.590. The molecule has 0 saturated carbocycles. The molecule has 0 saturated heterocycles. The summed E-state index contributed by atoms with van der Waals surface area (Å²) in [6.45, 7) is 1.97. The van der Waals surface area contributed by atoms with E-state index in [0.29, 0.717) is 5.13 Å². The first-order valence-corrected chi connectivity index (χ1v) is 8.33. The number of nitrogens with two attached hydrogens (primary N) is 1. The average molecular weight is 333 g/mol. The van der Waals surface area contributed by atoms with Crippen LogP contribution in [0.3, 0.4) is 0 Å². The summed E-state index contributed by atoms with van der Waals surface area (Å²) in [7, 11) is 0. The molecule has 0 atom stereocenters. The van der Waals surface area contributed by atoms with Crippen LogP contribution >= 0.6 is 11.3 Å². The molecule has 118 valence electrons. The Balaban J connectivity index is 1.71. The van der Waals surface area contributed by atoms with Crippen molar-refractivity contribution in [2.24, 2.45) is 0 Å². The molecule has 24 heavy (non-hydrogen) atoms. The highest BCUT2D eigenvalue weighted by Crippen LogP contribution is 2.33. The SMILES string of the molecule is Cc1nc(N)sc1-c1ccc2c(C=Cc3ccccn3)n[nH]c2c1. The van der Waals surface area contributed by atoms with Gasteiger partial charge in [-0.25, -0.2) is 4.98 Å². The van der Waals surface area contributed by atoms with E-state index in [1.165, 1.54) is 11.3 Å². The van der Waals surface area contributed by atoms with E-state index in [1.54, 1.807) is 6.20 Å². The summed E-state index contributed by atoms with van der Waals surface area (Å²) in [6, 6.07) is 12.1. The smallest absolute Gasteiger partial charge is 0.180 e. The Morgan fingerprint density at radius 1 is 1.17 bits per heavy atom. The van der Waals surface area contributed by atoms with E-state index in [-0.39, 0.29) is 0 Å². The third-order valence-corrected chi connectivity index (χ3v) is 4.80. The van der Waals surface area contributed by atoms with Gasteiger partial charge in [0.1, 0.15) is 0 Å². The number of nitrogen functional groups attached to an aromatic ring is 1. The van der Waals surface area contributed by atoms with Gasteiger partial charge < -0.3 is 5.73 Å². The van der Waals surface area contributed by atoms with Gasteiger partial charge in [0.25, 0.3) is 0 Å². The van der Waals surface area contributed by atoms with E-state index in [4.69, 9.17) is 5.73 Å². The highest BCUT2D eigenvalue weighted by atomic mass is 32.1. The molecule has 0 aliphatic heterocycles. The van der Waals surface area contributed by atoms with Crippen molar-refractivity contribution in [1.29, 1.82) is 0 Å².